The van der Waals surface area contributed by atoms with E-state index in [4.69, 9.17) is 13.0 Å². The largest absolute Gasteiger partial charge is 0.475 e. The van der Waals surface area contributed by atoms with Crippen molar-refractivity contribution in [1.82, 2.24) is 13.6 Å². The van der Waals surface area contributed by atoms with E-state index in [1.165, 1.54) is 13.1 Å². The predicted octanol–water partition coefficient (Wildman–Crippen LogP) is 3.22. The lowest BCUT2D eigenvalue weighted by atomic mass is 10.1. The molecule has 5 heteroatoms. The molecular formula is C14H23N3OS. The van der Waals surface area contributed by atoms with Crippen molar-refractivity contribution in [2.45, 2.75) is 39.0 Å². The number of unbranched alkanes of at least 4 members (excludes halogenated alkanes) is 2. The Morgan fingerprint density at radius 2 is 2.37 bits per heavy atom. The van der Waals surface area contributed by atoms with Crippen LogP contribution in [0.3, 0.4) is 0 Å². The van der Waals surface area contributed by atoms with Crippen molar-refractivity contribution < 1.29 is 13.0 Å². The van der Waals surface area contributed by atoms with Crippen molar-refractivity contribution in [1.29, 1.82) is 0 Å². The third kappa shape index (κ3) is 4.28. The number of hydrogen-bond donors (Lipinski definition) is 0. The van der Waals surface area contributed by atoms with Gasteiger partial charge < -0.3 is 9.64 Å². The summed E-state index contributed by atoms with van der Waals surface area (Å²) in [6.45, 7) is -3.80. The normalized spacial score (nSPS) is 27.2. The minimum absolute atomic E-state index is 0.00129. The quantitative estimate of drug-likeness (QED) is 0.722. The number of rotatable bonds is 7. The van der Waals surface area contributed by atoms with E-state index in [0.717, 1.165) is 29.5 Å². The molecule has 2 heterocycles. The Hall–Kier alpha value is -0.940. The van der Waals surface area contributed by atoms with Gasteiger partial charge in [0.05, 0.1) is 21.0 Å². The zero-order chi connectivity index (χ0) is 18.9. The highest BCUT2D eigenvalue weighted by atomic mass is 32.1. The molecule has 0 unspecified atom stereocenters. The lowest BCUT2D eigenvalue weighted by Crippen LogP contribution is -2.25. The fourth-order valence-corrected chi connectivity index (χ4v) is 2.18. The van der Waals surface area contributed by atoms with E-state index in [-0.39, 0.29) is 30.0 Å². The highest BCUT2D eigenvalue weighted by Gasteiger charge is 2.18. The Bertz CT molecular complexity index is 634. The minimum Gasteiger partial charge on any atom is -0.475 e. The maximum absolute atomic E-state index is 8.26. The van der Waals surface area contributed by atoms with Crippen LogP contribution < -0.4 is 4.74 Å². The third-order valence-corrected chi connectivity index (χ3v) is 3.20. The molecule has 0 spiro atoms. The van der Waals surface area contributed by atoms with Crippen LogP contribution in [0.15, 0.2) is 6.08 Å². The molecule has 1 aromatic rings. The van der Waals surface area contributed by atoms with E-state index in [2.05, 4.69) is 8.75 Å². The average Bonchev–Trinajstić information content (AvgIpc) is 2.92. The van der Waals surface area contributed by atoms with Gasteiger partial charge in [-0.25, -0.2) is 0 Å². The summed E-state index contributed by atoms with van der Waals surface area (Å²) in [5.74, 6) is -0.0440. The molecule has 1 aliphatic rings. The summed E-state index contributed by atoms with van der Waals surface area (Å²) >= 11 is 0.819. The van der Waals surface area contributed by atoms with Crippen LogP contribution in [0.25, 0.3) is 5.57 Å². The molecule has 0 aliphatic carbocycles. The van der Waals surface area contributed by atoms with Crippen molar-refractivity contribution in [2.75, 3.05) is 26.6 Å². The van der Waals surface area contributed by atoms with Gasteiger partial charge in [-0.2, -0.15) is 4.37 Å². The van der Waals surface area contributed by atoms with E-state index in [0.29, 0.717) is 6.42 Å². The van der Waals surface area contributed by atoms with Crippen LogP contribution in [0.1, 0.15) is 52.9 Å². The smallest absolute Gasteiger partial charge is 0.253 e. The summed E-state index contributed by atoms with van der Waals surface area (Å²) in [7, 11) is 1.37. The Morgan fingerprint density at radius 3 is 3.21 bits per heavy atom. The van der Waals surface area contributed by atoms with Crippen molar-refractivity contribution in [3.05, 3.63) is 11.8 Å². The van der Waals surface area contributed by atoms with Gasteiger partial charge in [-0.1, -0.05) is 32.3 Å². The standard InChI is InChI=1S/C14H23N3OS/c1-3-4-5-6-10-18-14-13(15-19-16-14)12-8-7-9-17(2)11-12/h8H,3-7,9-11H2,1-2H3/i9D2,10D2,11D2. The Balaban J connectivity index is 2.25. The number of nitrogens with zero attached hydrogens (tertiary/aromatic N) is 3. The highest BCUT2D eigenvalue weighted by Crippen LogP contribution is 2.27. The van der Waals surface area contributed by atoms with E-state index in [1.54, 1.807) is 0 Å². The fraction of sp³-hybridized carbons (Fsp3) is 0.714. The first-order chi connectivity index (χ1) is 11.5. The SMILES string of the molecule is [2H]C([2H])(CCCCC)Oc1nsnc1C1=CCC([2H])([2H])N(C)C1([2H])[2H]. The molecule has 0 atom stereocenters. The third-order valence-electron chi connectivity index (χ3n) is 2.69. The van der Waals surface area contributed by atoms with Gasteiger partial charge in [0.15, 0.2) is 0 Å². The molecule has 2 rings (SSSR count). The summed E-state index contributed by atoms with van der Waals surface area (Å²) in [4.78, 5) is 1.01. The number of ether oxygens (including phenoxy) is 1. The molecule has 0 radical (unpaired) electrons. The van der Waals surface area contributed by atoms with Crippen LogP contribution in [0, 0.1) is 0 Å². The Morgan fingerprint density at radius 1 is 1.47 bits per heavy atom. The summed E-state index contributed by atoms with van der Waals surface area (Å²) in [5.41, 5.74) is 0.287. The molecule has 1 aliphatic heterocycles. The molecule has 4 nitrogen and oxygen atoms in total. The van der Waals surface area contributed by atoms with Crippen molar-refractivity contribution in [3.63, 3.8) is 0 Å². The first kappa shape index (κ1) is 8.37. The van der Waals surface area contributed by atoms with E-state index in [9.17, 15) is 0 Å². The average molecular weight is 287 g/mol. The fourth-order valence-electron chi connectivity index (χ4n) is 1.68. The molecular weight excluding hydrogens is 258 g/mol. The predicted molar refractivity (Wildman–Crippen MR) is 79.6 cm³/mol. The van der Waals surface area contributed by atoms with Gasteiger partial charge in [0.25, 0.3) is 5.88 Å². The molecule has 0 fully saturated rings. The van der Waals surface area contributed by atoms with Gasteiger partial charge >= 0.3 is 0 Å². The second kappa shape index (κ2) is 7.60. The summed E-state index contributed by atoms with van der Waals surface area (Å²) < 4.78 is 61.7. The van der Waals surface area contributed by atoms with Crippen LogP contribution >= 0.6 is 11.7 Å². The lowest BCUT2D eigenvalue weighted by molar-refractivity contribution is 0.294. The highest BCUT2D eigenvalue weighted by molar-refractivity contribution is 6.99. The number of hydrogen-bond acceptors (Lipinski definition) is 5. The second-order valence-electron chi connectivity index (χ2n) is 4.27. The van der Waals surface area contributed by atoms with E-state index >= 15 is 0 Å². The number of aromatic nitrogens is 2. The van der Waals surface area contributed by atoms with Gasteiger partial charge in [0.2, 0.25) is 0 Å². The van der Waals surface area contributed by atoms with Gasteiger partial charge in [-0.05, 0) is 25.5 Å². The molecule has 0 N–H and O–H groups in total. The molecule has 0 saturated heterocycles. The molecule has 0 saturated carbocycles. The Labute approximate surface area is 128 Å². The minimum atomic E-state index is -2.11. The summed E-state index contributed by atoms with van der Waals surface area (Å²) in [6.07, 6.45) is 4.23. The molecule has 0 bridgehead atoms. The Kier molecular flexibility index (Phi) is 3.35. The van der Waals surface area contributed by atoms with Gasteiger partial charge in [0, 0.05) is 18.5 Å². The van der Waals surface area contributed by atoms with Gasteiger partial charge in [0.1, 0.15) is 5.69 Å². The van der Waals surface area contributed by atoms with Gasteiger partial charge in [-0.3, -0.25) is 0 Å². The van der Waals surface area contributed by atoms with E-state index in [1.807, 2.05) is 6.92 Å². The zero-order valence-corrected chi connectivity index (χ0v) is 12.1. The van der Waals surface area contributed by atoms with Crippen LogP contribution in [-0.2, 0) is 0 Å². The molecule has 0 amide bonds. The van der Waals surface area contributed by atoms with Gasteiger partial charge in [-0.15, -0.1) is 4.37 Å². The van der Waals surface area contributed by atoms with Crippen LogP contribution in [0.2, 0.25) is 0 Å². The van der Waals surface area contributed by atoms with E-state index < -0.39 is 19.6 Å². The summed E-state index contributed by atoms with van der Waals surface area (Å²) in [5, 5.41) is 0. The lowest BCUT2D eigenvalue weighted by Gasteiger charge is -2.22. The monoisotopic (exact) mass is 287 g/mol. The van der Waals surface area contributed by atoms with Crippen molar-refractivity contribution in [3.8, 4) is 5.88 Å². The van der Waals surface area contributed by atoms with Crippen LogP contribution in [0.5, 0.6) is 5.88 Å². The van der Waals surface area contributed by atoms with Crippen molar-refractivity contribution in [2.24, 2.45) is 0 Å². The van der Waals surface area contributed by atoms with Crippen LogP contribution in [0.4, 0.5) is 0 Å². The first-order valence-electron chi connectivity index (χ1n) is 9.48. The maximum atomic E-state index is 8.26. The summed E-state index contributed by atoms with van der Waals surface area (Å²) in [6, 6.07) is 0. The van der Waals surface area contributed by atoms with Crippen molar-refractivity contribution >= 4 is 17.3 Å². The van der Waals surface area contributed by atoms with Crippen LogP contribution in [-0.4, -0.2) is 40.2 Å². The second-order valence-corrected chi connectivity index (χ2v) is 4.80. The molecule has 106 valence electrons. The first-order valence-corrected chi connectivity index (χ1v) is 7.21. The molecule has 19 heavy (non-hydrogen) atoms. The maximum Gasteiger partial charge on any atom is 0.253 e. The number of likely N-dealkylation sites (N-methyl/N-ethyl adjacent to an activating group) is 1. The zero-order valence-electron chi connectivity index (χ0n) is 17.3. The topological polar surface area (TPSA) is 38.3 Å². The molecule has 1 aromatic heterocycles. The molecule has 0 aromatic carbocycles.